The second-order valence-corrected chi connectivity index (χ2v) is 2.71. The van der Waals surface area contributed by atoms with Gasteiger partial charge in [-0.05, 0) is 6.42 Å². The fourth-order valence-electron chi connectivity index (χ4n) is 1.00. The minimum atomic E-state index is 0. The van der Waals surface area contributed by atoms with E-state index in [2.05, 4.69) is 17.3 Å². The molecule has 4 heteroatoms. The summed E-state index contributed by atoms with van der Waals surface area (Å²) >= 11 is 0. The van der Waals surface area contributed by atoms with Gasteiger partial charge < -0.3 is 5.21 Å². The van der Waals surface area contributed by atoms with Crippen molar-refractivity contribution in [3.63, 3.8) is 0 Å². The van der Waals surface area contributed by atoms with Crippen molar-refractivity contribution in [1.29, 1.82) is 0 Å². The molecule has 0 saturated heterocycles. The van der Waals surface area contributed by atoms with Crippen LogP contribution in [0.25, 0.3) is 0 Å². The zero-order chi connectivity index (χ0) is 8.36. The molecule has 3 nitrogen and oxygen atoms in total. The van der Waals surface area contributed by atoms with Gasteiger partial charge in [-0.1, -0.05) is 39.0 Å². The summed E-state index contributed by atoms with van der Waals surface area (Å²) in [6.07, 6.45) is 7.37. The van der Waals surface area contributed by atoms with Crippen molar-refractivity contribution in [2.75, 3.05) is 6.54 Å². The predicted octanol–water partition coefficient (Wildman–Crippen LogP) is 0.301. The van der Waals surface area contributed by atoms with Crippen molar-refractivity contribution < 1.29 is 51.4 Å². The molecule has 0 rings (SSSR count). The Labute approximate surface area is 117 Å². The molecule has 0 aromatic heterocycles. The Bertz CT molecular complexity index is 99.1. The molecule has 0 unspecified atom stereocenters. The molecule has 0 saturated carbocycles. The van der Waals surface area contributed by atoms with Crippen LogP contribution in [0.2, 0.25) is 0 Å². The molecule has 0 bridgehead atoms. The van der Waals surface area contributed by atoms with Gasteiger partial charge in [-0.2, -0.15) is 5.11 Å². The summed E-state index contributed by atoms with van der Waals surface area (Å²) in [6, 6.07) is 0. The Kier molecular flexibility index (Phi) is 18.8. The van der Waals surface area contributed by atoms with Gasteiger partial charge in [0.05, 0.1) is 6.54 Å². The zero-order valence-corrected chi connectivity index (χ0v) is 11.4. The van der Waals surface area contributed by atoms with E-state index < -0.39 is 0 Å². The Balaban J connectivity index is 0. The topological polar surface area (TPSA) is 47.8 Å². The average Bonchev–Trinajstić information content (AvgIpc) is 2.03. The monoisotopic (exact) mass is 196 g/mol. The standard InChI is InChI=1S/C8H18N2O.K/c1-2-3-4-5-6-7-8-9-10-11;/h2-8H2,1H3,(H,9,11);/q;+1/p-1. The van der Waals surface area contributed by atoms with Crippen LogP contribution in [0.1, 0.15) is 45.4 Å². The van der Waals surface area contributed by atoms with Crippen LogP contribution in [-0.2, 0) is 0 Å². The third kappa shape index (κ3) is 13.6. The van der Waals surface area contributed by atoms with Crippen molar-refractivity contribution in [2.24, 2.45) is 10.4 Å². The van der Waals surface area contributed by atoms with Crippen LogP contribution in [0.4, 0.5) is 0 Å². The molecule has 0 aliphatic carbocycles. The Morgan fingerprint density at radius 3 is 2.17 bits per heavy atom. The Morgan fingerprint density at radius 1 is 1.00 bits per heavy atom. The molecular weight excluding hydrogens is 179 g/mol. The first-order chi connectivity index (χ1) is 5.41. The van der Waals surface area contributed by atoms with Crippen LogP contribution >= 0.6 is 0 Å². The fraction of sp³-hybridized carbons (Fsp3) is 1.00. The molecule has 0 aromatic rings. The molecular formula is C8H17KN2O. The molecule has 0 fully saturated rings. The van der Waals surface area contributed by atoms with Crippen molar-refractivity contribution >= 4 is 0 Å². The predicted molar refractivity (Wildman–Crippen MR) is 46.5 cm³/mol. The van der Waals surface area contributed by atoms with Gasteiger partial charge in [0.2, 0.25) is 0 Å². The van der Waals surface area contributed by atoms with E-state index in [1.807, 2.05) is 0 Å². The van der Waals surface area contributed by atoms with Crippen molar-refractivity contribution in [1.82, 2.24) is 0 Å². The van der Waals surface area contributed by atoms with Crippen LogP contribution in [0.15, 0.2) is 10.4 Å². The van der Waals surface area contributed by atoms with Crippen molar-refractivity contribution in [2.45, 2.75) is 45.4 Å². The number of unbranched alkanes of at least 4 members (excludes halogenated alkanes) is 5. The van der Waals surface area contributed by atoms with Gasteiger partial charge in [-0.25, -0.2) is 5.28 Å². The maximum atomic E-state index is 9.52. The van der Waals surface area contributed by atoms with Gasteiger partial charge in [-0.3, -0.25) is 0 Å². The fourth-order valence-corrected chi connectivity index (χ4v) is 1.00. The third-order valence-electron chi connectivity index (χ3n) is 1.67. The second kappa shape index (κ2) is 14.6. The second-order valence-electron chi connectivity index (χ2n) is 2.71. The van der Waals surface area contributed by atoms with E-state index in [-0.39, 0.29) is 51.4 Å². The smallest absolute Gasteiger partial charge is 0.775 e. The molecule has 0 spiro atoms. The maximum Gasteiger partial charge on any atom is 1.00 e. The normalized spacial score (nSPS) is 10.1. The van der Waals surface area contributed by atoms with Crippen LogP contribution in [-0.4, -0.2) is 6.54 Å². The number of hydrogen-bond donors (Lipinski definition) is 0. The van der Waals surface area contributed by atoms with E-state index in [1.54, 1.807) is 0 Å². The Hall–Kier alpha value is 1.04. The van der Waals surface area contributed by atoms with E-state index in [0.29, 0.717) is 6.54 Å². The first-order valence-electron chi connectivity index (χ1n) is 4.41. The van der Waals surface area contributed by atoms with Gasteiger partial charge >= 0.3 is 51.4 Å². The van der Waals surface area contributed by atoms with Crippen LogP contribution in [0.5, 0.6) is 0 Å². The van der Waals surface area contributed by atoms with E-state index in [9.17, 15) is 5.21 Å². The van der Waals surface area contributed by atoms with E-state index in [1.165, 1.54) is 32.1 Å². The van der Waals surface area contributed by atoms with Gasteiger partial charge in [0.15, 0.2) is 0 Å². The van der Waals surface area contributed by atoms with Crippen molar-refractivity contribution in [3.05, 3.63) is 5.21 Å². The minimum Gasteiger partial charge on any atom is -0.775 e. The van der Waals surface area contributed by atoms with Crippen LogP contribution in [0, 0.1) is 5.21 Å². The quantitative estimate of drug-likeness (QED) is 0.250. The summed E-state index contributed by atoms with van der Waals surface area (Å²) in [4.78, 5) is 0. The van der Waals surface area contributed by atoms with E-state index in [4.69, 9.17) is 0 Å². The van der Waals surface area contributed by atoms with Crippen molar-refractivity contribution in [3.8, 4) is 0 Å². The summed E-state index contributed by atoms with van der Waals surface area (Å²) in [5.74, 6) is 0. The summed E-state index contributed by atoms with van der Waals surface area (Å²) in [7, 11) is 0. The molecule has 0 aromatic carbocycles. The summed E-state index contributed by atoms with van der Waals surface area (Å²) in [5, 5.41) is 15.3. The van der Waals surface area contributed by atoms with Gasteiger partial charge in [0, 0.05) is 0 Å². The molecule has 12 heavy (non-hydrogen) atoms. The zero-order valence-electron chi connectivity index (χ0n) is 8.25. The number of rotatable bonds is 7. The molecule has 0 atom stereocenters. The molecule has 0 N–H and O–H groups in total. The third-order valence-corrected chi connectivity index (χ3v) is 1.67. The molecule has 0 aliphatic heterocycles. The first-order valence-corrected chi connectivity index (χ1v) is 4.41. The van der Waals surface area contributed by atoms with Gasteiger partial charge in [0.25, 0.3) is 0 Å². The summed E-state index contributed by atoms with van der Waals surface area (Å²) in [6.45, 7) is 2.81. The minimum absolute atomic E-state index is 0. The SMILES string of the molecule is CCCCCCCCN=N[O-].[K+]. The van der Waals surface area contributed by atoms with Gasteiger partial charge in [-0.15, -0.1) is 0 Å². The summed E-state index contributed by atoms with van der Waals surface area (Å²) < 4.78 is 0. The van der Waals surface area contributed by atoms with Crippen LogP contribution < -0.4 is 51.4 Å². The number of nitrogens with zero attached hydrogens (tertiary/aromatic N) is 2. The van der Waals surface area contributed by atoms with E-state index >= 15 is 0 Å². The van der Waals surface area contributed by atoms with Gasteiger partial charge in [0.1, 0.15) is 0 Å². The molecule has 0 heterocycles. The largest absolute Gasteiger partial charge is 1.00 e. The Morgan fingerprint density at radius 2 is 1.58 bits per heavy atom. The summed E-state index contributed by atoms with van der Waals surface area (Å²) in [5.41, 5.74) is 0. The number of hydrogen-bond acceptors (Lipinski definition) is 3. The maximum absolute atomic E-state index is 9.52. The van der Waals surface area contributed by atoms with E-state index in [0.717, 1.165) is 6.42 Å². The molecule has 0 aliphatic rings. The molecule has 66 valence electrons. The first kappa shape index (κ1) is 15.5. The average molecular weight is 196 g/mol. The van der Waals surface area contributed by atoms with Crippen LogP contribution in [0.3, 0.4) is 0 Å². The molecule has 0 amide bonds. The molecule has 0 radical (unpaired) electrons.